The highest BCUT2D eigenvalue weighted by Gasteiger charge is 2.04. The second-order valence-corrected chi connectivity index (χ2v) is 4.12. The fourth-order valence-corrected chi connectivity index (χ4v) is 1.41. The number of benzene rings is 1. The van der Waals surface area contributed by atoms with Crippen LogP contribution >= 0.6 is 0 Å². The van der Waals surface area contributed by atoms with E-state index in [1.54, 1.807) is 24.3 Å². The summed E-state index contributed by atoms with van der Waals surface area (Å²) >= 11 is 0. The summed E-state index contributed by atoms with van der Waals surface area (Å²) in [6.45, 7) is 4.10. The van der Waals surface area contributed by atoms with Crippen molar-refractivity contribution in [2.75, 3.05) is 7.11 Å². The van der Waals surface area contributed by atoms with E-state index in [9.17, 15) is 9.18 Å². The van der Waals surface area contributed by atoms with Gasteiger partial charge in [0.1, 0.15) is 5.82 Å². The molecule has 1 rings (SSSR count). The Morgan fingerprint density at radius 3 is 2.76 bits per heavy atom. The molecule has 0 bridgehead atoms. The Hall–Kier alpha value is -1.64. The minimum absolute atomic E-state index is 0.155. The van der Waals surface area contributed by atoms with E-state index in [-0.39, 0.29) is 18.2 Å². The van der Waals surface area contributed by atoms with Gasteiger partial charge in [-0.15, -0.1) is 0 Å². The first kappa shape index (κ1) is 13.4. The molecule has 3 heteroatoms. The largest absolute Gasteiger partial charge is 0.469 e. The minimum Gasteiger partial charge on any atom is -0.469 e. The van der Waals surface area contributed by atoms with Crippen LogP contribution in [-0.4, -0.2) is 13.1 Å². The first-order valence-electron chi connectivity index (χ1n) is 5.57. The molecule has 0 aliphatic rings. The van der Waals surface area contributed by atoms with Crippen molar-refractivity contribution in [3.63, 3.8) is 0 Å². The molecule has 2 nitrogen and oxygen atoms in total. The zero-order valence-corrected chi connectivity index (χ0v) is 10.4. The number of hydrogen-bond acceptors (Lipinski definition) is 2. The van der Waals surface area contributed by atoms with E-state index in [0.29, 0.717) is 11.5 Å². The fraction of sp³-hybridized carbons (Fsp3) is 0.357. The van der Waals surface area contributed by atoms with Crippen LogP contribution in [0.15, 0.2) is 24.3 Å². The first-order valence-corrected chi connectivity index (χ1v) is 5.57. The summed E-state index contributed by atoms with van der Waals surface area (Å²) in [4.78, 5) is 10.9. The number of methoxy groups -OCH3 is 1. The Balaban J connectivity index is 2.82. The van der Waals surface area contributed by atoms with Crippen LogP contribution in [0.25, 0.3) is 6.08 Å². The highest BCUT2D eigenvalue weighted by molar-refractivity contribution is 5.72. The summed E-state index contributed by atoms with van der Waals surface area (Å²) in [5, 5.41) is 0. The molecular formula is C14H17FO2. The van der Waals surface area contributed by atoms with Gasteiger partial charge < -0.3 is 4.74 Å². The average molecular weight is 236 g/mol. The molecule has 0 saturated heterocycles. The van der Waals surface area contributed by atoms with Crippen molar-refractivity contribution in [2.45, 2.75) is 26.2 Å². The van der Waals surface area contributed by atoms with E-state index >= 15 is 0 Å². The summed E-state index contributed by atoms with van der Waals surface area (Å²) in [6, 6.07) is 5.03. The van der Waals surface area contributed by atoms with Gasteiger partial charge in [-0.25, -0.2) is 4.39 Å². The van der Waals surface area contributed by atoms with Crippen LogP contribution < -0.4 is 0 Å². The molecule has 0 radical (unpaired) electrons. The van der Waals surface area contributed by atoms with Crippen molar-refractivity contribution in [2.24, 2.45) is 0 Å². The molecular weight excluding hydrogens is 219 g/mol. The molecule has 0 N–H and O–H groups in total. The maximum atomic E-state index is 13.5. The Bertz CT molecular complexity index is 422. The molecule has 0 amide bonds. The predicted molar refractivity (Wildman–Crippen MR) is 66.2 cm³/mol. The number of esters is 1. The van der Waals surface area contributed by atoms with Gasteiger partial charge in [-0.3, -0.25) is 4.79 Å². The standard InChI is InChI=1S/C14H17FO2/c1-10(2)11-7-8-13(15)12(9-11)5-4-6-14(16)17-3/h4-5,7-10H,6H2,1-3H3/b5-4-. The molecule has 0 fully saturated rings. The van der Waals surface area contributed by atoms with Crippen LogP contribution in [-0.2, 0) is 9.53 Å². The summed E-state index contributed by atoms with van der Waals surface area (Å²) in [7, 11) is 1.33. The topological polar surface area (TPSA) is 26.3 Å². The lowest BCUT2D eigenvalue weighted by molar-refractivity contribution is -0.139. The van der Waals surface area contributed by atoms with Crippen LogP contribution in [0.2, 0.25) is 0 Å². The zero-order valence-electron chi connectivity index (χ0n) is 10.4. The van der Waals surface area contributed by atoms with E-state index in [4.69, 9.17) is 0 Å². The average Bonchev–Trinajstić information content (AvgIpc) is 2.30. The Morgan fingerprint density at radius 1 is 1.47 bits per heavy atom. The van der Waals surface area contributed by atoms with Gasteiger partial charge in [-0.2, -0.15) is 0 Å². The molecule has 1 aromatic carbocycles. The molecule has 0 aliphatic heterocycles. The Morgan fingerprint density at radius 2 is 2.18 bits per heavy atom. The maximum Gasteiger partial charge on any atom is 0.309 e. The van der Waals surface area contributed by atoms with Crippen LogP contribution in [0.5, 0.6) is 0 Å². The summed E-state index contributed by atoms with van der Waals surface area (Å²) in [5.74, 6) is -0.263. The van der Waals surface area contributed by atoms with Gasteiger partial charge in [0, 0.05) is 5.56 Å². The molecule has 0 saturated carbocycles. The number of halogens is 1. The Kier molecular flexibility index (Phi) is 4.88. The number of ether oxygens (including phenoxy) is 1. The van der Waals surface area contributed by atoms with Crippen molar-refractivity contribution in [1.29, 1.82) is 0 Å². The number of hydrogen-bond donors (Lipinski definition) is 0. The van der Waals surface area contributed by atoms with E-state index in [2.05, 4.69) is 18.6 Å². The van der Waals surface area contributed by atoms with Gasteiger partial charge in [-0.05, 0) is 23.6 Å². The number of rotatable bonds is 4. The first-order chi connectivity index (χ1) is 8.04. The lowest BCUT2D eigenvalue weighted by atomic mass is 10.0. The second kappa shape index (κ2) is 6.18. The lowest BCUT2D eigenvalue weighted by Crippen LogP contribution is -1.97. The second-order valence-electron chi connectivity index (χ2n) is 4.12. The molecule has 1 aromatic rings. The van der Waals surface area contributed by atoms with Crippen molar-refractivity contribution in [1.82, 2.24) is 0 Å². The quantitative estimate of drug-likeness (QED) is 0.747. The molecule has 0 atom stereocenters. The molecule has 0 spiro atoms. The smallest absolute Gasteiger partial charge is 0.309 e. The van der Waals surface area contributed by atoms with Crippen molar-refractivity contribution < 1.29 is 13.9 Å². The predicted octanol–water partition coefficient (Wildman–Crippen LogP) is 3.53. The molecule has 17 heavy (non-hydrogen) atoms. The fourth-order valence-electron chi connectivity index (χ4n) is 1.41. The van der Waals surface area contributed by atoms with Crippen molar-refractivity contribution >= 4 is 12.0 Å². The van der Waals surface area contributed by atoms with E-state index < -0.39 is 0 Å². The monoisotopic (exact) mass is 236 g/mol. The van der Waals surface area contributed by atoms with Crippen LogP contribution in [0.4, 0.5) is 4.39 Å². The van der Waals surface area contributed by atoms with Gasteiger partial charge in [0.25, 0.3) is 0 Å². The van der Waals surface area contributed by atoms with Crippen molar-refractivity contribution in [3.8, 4) is 0 Å². The summed E-state index contributed by atoms with van der Waals surface area (Å²) in [6.07, 6.45) is 3.37. The molecule has 0 aliphatic carbocycles. The van der Waals surface area contributed by atoms with Crippen LogP contribution in [0, 0.1) is 5.82 Å². The molecule has 0 aromatic heterocycles. The van der Waals surface area contributed by atoms with Crippen LogP contribution in [0.3, 0.4) is 0 Å². The highest BCUT2D eigenvalue weighted by Crippen LogP contribution is 2.19. The number of carbonyl (C=O) groups is 1. The summed E-state index contributed by atoms with van der Waals surface area (Å²) in [5.41, 5.74) is 1.57. The third-order valence-electron chi connectivity index (χ3n) is 2.50. The third-order valence-corrected chi connectivity index (χ3v) is 2.50. The van der Waals surface area contributed by atoms with Gasteiger partial charge in [0.2, 0.25) is 0 Å². The van der Waals surface area contributed by atoms with Gasteiger partial charge in [0.15, 0.2) is 0 Å². The molecule has 92 valence electrons. The maximum absolute atomic E-state index is 13.5. The third kappa shape index (κ3) is 4.02. The molecule has 0 heterocycles. The van der Waals surface area contributed by atoms with E-state index in [1.807, 2.05) is 0 Å². The normalized spacial score (nSPS) is 11.1. The van der Waals surface area contributed by atoms with E-state index in [1.165, 1.54) is 13.2 Å². The highest BCUT2D eigenvalue weighted by atomic mass is 19.1. The zero-order chi connectivity index (χ0) is 12.8. The van der Waals surface area contributed by atoms with Gasteiger partial charge >= 0.3 is 5.97 Å². The SMILES string of the molecule is COC(=O)C/C=C\c1cc(C(C)C)ccc1F. The number of carbonyl (C=O) groups excluding carboxylic acids is 1. The molecule has 0 unspecified atom stereocenters. The minimum atomic E-state index is -0.332. The van der Waals surface area contributed by atoms with Crippen molar-refractivity contribution in [3.05, 3.63) is 41.2 Å². The Labute approximate surface area is 101 Å². The van der Waals surface area contributed by atoms with Crippen LogP contribution in [0.1, 0.15) is 37.3 Å². The summed E-state index contributed by atoms with van der Waals surface area (Å²) < 4.78 is 18.0. The van der Waals surface area contributed by atoms with Gasteiger partial charge in [0.05, 0.1) is 13.5 Å². The lowest BCUT2D eigenvalue weighted by Gasteiger charge is -2.06. The van der Waals surface area contributed by atoms with Gasteiger partial charge in [-0.1, -0.05) is 32.1 Å². The van der Waals surface area contributed by atoms with E-state index in [0.717, 1.165) is 5.56 Å².